The zero-order valence-corrected chi connectivity index (χ0v) is 8.26. The molecule has 0 saturated carbocycles. The van der Waals surface area contributed by atoms with Crippen molar-refractivity contribution in [2.75, 3.05) is 0 Å². The van der Waals surface area contributed by atoms with Crippen LogP contribution in [0.25, 0.3) is 0 Å². The van der Waals surface area contributed by atoms with Gasteiger partial charge in [0.15, 0.2) is 0 Å². The Morgan fingerprint density at radius 2 is 2.07 bits per heavy atom. The Morgan fingerprint density at radius 1 is 1.29 bits per heavy atom. The van der Waals surface area contributed by atoms with E-state index in [1.807, 2.05) is 0 Å². The molecule has 0 atom stereocenters. The number of aromatic nitrogens is 3. The van der Waals surface area contributed by atoms with Gasteiger partial charge in [0.1, 0.15) is 5.82 Å². The first-order valence-corrected chi connectivity index (χ1v) is 4.93. The standard InChI is InChI=1S/C9H15F2N3/c1-2-3-4-5-6-7-12-9(8(10)11)14-13-7/h8H,2-6H2,1H3,(H,12,13,14). The molecule has 0 spiro atoms. The molecule has 1 heterocycles. The molecular weight excluding hydrogens is 188 g/mol. The Labute approximate surface area is 81.9 Å². The van der Waals surface area contributed by atoms with Crippen molar-refractivity contribution < 1.29 is 8.78 Å². The molecule has 0 unspecified atom stereocenters. The van der Waals surface area contributed by atoms with Crippen molar-refractivity contribution in [3.05, 3.63) is 11.6 Å². The van der Waals surface area contributed by atoms with Crippen LogP contribution >= 0.6 is 0 Å². The number of halogens is 2. The quantitative estimate of drug-likeness (QED) is 0.722. The van der Waals surface area contributed by atoms with Crippen molar-refractivity contribution in [2.45, 2.75) is 45.5 Å². The van der Waals surface area contributed by atoms with E-state index in [9.17, 15) is 8.78 Å². The highest BCUT2D eigenvalue weighted by Crippen LogP contribution is 2.13. The van der Waals surface area contributed by atoms with Crippen LogP contribution in [0.2, 0.25) is 0 Å². The minimum absolute atomic E-state index is 0.393. The third-order valence-corrected chi connectivity index (χ3v) is 2.01. The van der Waals surface area contributed by atoms with E-state index in [1.165, 1.54) is 12.8 Å². The van der Waals surface area contributed by atoms with Crippen LogP contribution in [0.15, 0.2) is 0 Å². The van der Waals surface area contributed by atoms with Gasteiger partial charge in [-0.2, -0.15) is 5.10 Å². The highest BCUT2D eigenvalue weighted by molar-refractivity contribution is 4.91. The number of alkyl halides is 2. The predicted molar refractivity (Wildman–Crippen MR) is 49.2 cm³/mol. The van der Waals surface area contributed by atoms with Gasteiger partial charge in [0.25, 0.3) is 6.43 Å². The van der Waals surface area contributed by atoms with Crippen LogP contribution in [0.1, 0.15) is 50.7 Å². The highest BCUT2D eigenvalue weighted by Gasteiger charge is 2.12. The van der Waals surface area contributed by atoms with E-state index in [4.69, 9.17) is 0 Å². The maximum atomic E-state index is 12.1. The normalized spacial score (nSPS) is 11.1. The summed E-state index contributed by atoms with van der Waals surface area (Å²) >= 11 is 0. The summed E-state index contributed by atoms with van der Waals surface area (Å²) in [5, 5.41) is 5.95. The molecular formula is C9H15F2N3. The average molecular weight is 203 g/mol. The molecule has 1 rings (SSSR count). The summed E-state index contributed by atoms with van der Waals surface area (Å²) in [5.41, 5.74) is 0. The topological polar surface area (TPSA) is 41.6 Å². The van der Waals surface area contributed by atoms with Gasteiger partial charge >= 0.3 is 0 Å². The largest absolute Gasteiger partial charge is 0.299 e. The van der Waals surface area contributed by atoms with E-state index in [-0.39, 0.29) is 0 Å². The zero-order valence-electron chi connectivity index (χ0n) is 8.26. The fourth-order valence-electron chi connectivity index (χ4n) is 1.24. The lowest BCUT2D eigenvalue weighted by Gasteiger charge is -1.95. The molecule has 3 nitrogen and oxygen atoms in total. The van der Waals surface area contributed by atoms with Crippen molar-refractivity contribution in [1.29, 1.82) is 0 Å². The smallest absolute Gasteiger partial charge is 0.263 e. The molecule has 5 heteroatoms. The van der Waals surface area contributed by atoms with E-state index >= 15 is 0 Å². The van der Waals surface area contributed by atoms with Gasteiger partial charge in [-0.15, -0.1) is 0 Å². The number of hydrogen-bond donors (Lipinski definition) is 1. The van der Waals surface area contributed by atoms with Gasteiger partial charge in [-0.25, -0.2) is 13.8 Å². The van der Waals surface area contributed by atoms with Gasteiger partial charge in [0.2, 0.25) is 5.82 Å². The van der Waals surface area contributed by atoms with Crippen LogP contribution in [0.5, 0.6) is 0 Å². The summed E-state index contributed by atoms with van der Waals surface area (Å²) in [6.07, 6.45) is 2.57. The van der Waals surface area contributed by atoms with Gasteiger partial charge in [-0.05, 0) is 6.42 Å². The van der Waals surface area contributed by atoms with Crippen molar-refractivity contribution in [3.8, 4) is 0 Å². The lowest BCUT2D eigenvalue weighted by molar-refractivity contribution is 0.140. The summed E-state index contributed by atoms with van der Waals surface area (Å²) in [6, 6.07) is 0. The van der Waals surface area contributed by atoms with Gasteiger partial charge in [0, 0.05) is 6.42 Å². The third kappa shape index (κ3) is 3.40. The second kappa shape index (κ2) is 5.67. The lowest BCUT2D eigenvalue weighted by atomic mass is 10.1. The minimum atomic E-state index is -2.57. The molecule has 0 aliphatic carbocycles. The van der Waals surface area contributed by atoms with Crippen LogP contribution in [0.4, 0.5) is 8.78 Å². The summed E-state index contributed by atoms with van der Waals surface area (Å²) in [5.74, 6) is 0.173. The maximum absolute atomic E-state index is 12.1. The number of unbranched alkanes of at least 4 members (excludes halogenated alkanes) is 3. The number of aryl methyl sites for hydroxylation is 1. The molecule has 0 aromatic carbocycles. The van der Waals surface area contributed by atoms with E-state index in [1.54, 1.807) is 0 Å². The molecule has 0 aliphatic rings. The predicted octanol–water partition coefficient (Wildman–Crippen LogP) is 2.87. The van der Waals surface area contributed by atoms with E-state index in [0.717, 1.165) is 12.8 Å². The lowest BCUT2D eigenvalue weighted by Crippen LogP contribution is -1.90. The molecule has 0 amide bonds. The first kappa shape index (κ1) is 11.1. The Bertz CT molecular complexity index is 260. The summed E-state index contributed by atoms with van der Waals surface area (Å²) in [6.45, 7) is 2.13. The molecule has 0 bridgehead atoms. The van der Waals surface area contributed by atoms with Gasteiger partial charge in [-0.3, -0.25) is 5.10 Å². The molecule has 0 fully saturated rings. The molecule has 1 aromatic rings. The van der Waals surface area contributed by atoms with Crippen LogP contribution in [0.3, 0.4) is 0 Å². The van der Waals surface area contributed by atoms with Gasteiger partial charge < -0.3 is 0 Å². The van der Waals surface area contributed by atoms with Crippen molar-refractivity contribution in [3.63, 3.8) is 0 Å². The highest BCUT2D eigenvalue weighted by atomic mass is 19.3. The second-order valence-corrected chi connectivity index (χ2v) is 3.25. The van der Waals surface area contributed by atoms with E-state index in [2.05, 4.69) is 22.1 Å². The van der Waals surface area contributed by atoms with Gasteiger partial charge in [-0.1, -0.05) is 26.2 Å². The second-order valence-electron chi connectivity index (χ2n) is 3.25. The Kier molecular flexibility index (Phi) is 4.49. The molecule has 1 N–H and O–H groups in total. The number of hydrogen-bond acceptors (Lipinski definition) is 2. The fraction of sp³-hybridized carbons (Fsp3) is 0.778. The molecule has 1 aromatic heterocycles. The maximum Gasteiger partial charge on any atom is 0.299 e. The Balaban J connectivity index is 2.29. The van der Waals surface area contributed by atoms with E-state index in [0.29, 0.717) is 12.2 Å². The Morgan fingerprint density at radius 3 is 2.64 bits per heavy atom. The molecule has 14 heavy (non-hydrogen) atoms. The first-order valence-electron chi connectivity index (χ1n) is 4.93. The Hall–Kier alpha value is -1.00. The van der Waals surface area contributed by atoms with Crippen molar-refractivity contribution >= 4 is 0 Å². The number of aromatic amines is 1. The first-order chi connectivity index (χ1) is 6.74. The number of nitrogens with one attached hydrogen (secondary N) is 1. The monoisotopic (exact) mass is 203 g/mol. The van der Waals surface area contributed by atoms with Crippen molar-refractivity contribution in [1.82, 2.24) is 15.2 Å². The fourth-order valence-corrected chi connectivity index (χ4v) is 1.24. The minimum Gasteiger partial charge on any atom is -0.263 e. The molecule has 0 saturated heterocycles. The third-order valence-electron chi connectivity index (χ3n) is 2.01. The molecule has 0 aliphatic heterocycles. The summed E-state index contributed by atoms with van der Waals surface area (Å²) < 4.78 is 24.2. The van der Waals surface area contributed by atoms with Crippen LogP contribution < -0.4 is 0 Å². The van der Waals surface area contributed by atoms with E-state index < -0.39 is 12.2 Å². The number of nitrogens with zero attached hydrogens (tertiary/aromatic N) is 2. The van der Waals surface area contributed by atoms with Crippen molar-refractivity contribution in [2.24, 2.45) is 0 Å². The number of H-pyrrole nitrogens is 1. The average Bonchev–Trinajstić information content (AvgIpc) is 2.61. The molecule has 80 valence electrons. The SMILES string of the molecule is CCCCCCc1nc(C(F)F)n[nH]1. The van der Waals surface area contributed by atoms with Crippen LogP contribution in [0, 0.1) is 0 Å². The summed E-state index contributed by atoms with van der Waals surface area (Å²) in [7, 11) is 0. The molecule has 0 radical (unpaired) electrons. The zero-order chi connectivity index (χ0) is 10.4. The number of rotatable bonds is 6. The van der Waals surface area contributed by atoms with Crippen LogP contribution in [-0.2, 0) is 6.42 Å². The van der Waals surface area contributed by atoms with Gasteiger partial charge in [0.05, 0.1) is 0 Å². The van der Waals surface area contributed by atoms with Crippen LogP contribution in [-0.4, -0.2) is 15.2 Å². The summed E-state index contributed by atoms with van der Waals surface area (Å²) in [4.78, 5) is 3.69.